The maximum atomic E-state index is 13.4. The van der Waals surface area contributed by atoms with E-state index in [9.17, 15) is 19.2 Å². The van der Waals surface area contributed by atoms with Gasteiger partial charge in [-0.1, -0.05) is 24.3 Å². The standard InChI is InChI=1S/C26H26ClN3O5/c1-3-35-23(31)15-30-14-21(20-12-19(8-9-22(20)30)28-25(33)16(2)27)24(32)26(34)29-11-10-17-6-4-5-7-18(17)13-29/h4-9,12,14,16H,3,10-11,13,15H2,1-2H3,(H,28,33). The van der Waals surface area contributed by atoms with Crippen LogP contribution in [0.4, 0.5) is 5.69 Å². The number of halogens is 1. The van der Waals surface area contributed by atoms with Crippen LogP contribution >= 0.6 is 11.6 Å². The lowest BCUT2D eigenvalue weighted by molar-refractivity contribution is -0.143. The Balaban J connectivity index is 1.68. The molecule has 1 unspecified atom stereocenters. The lowest BCUT2D eigenvalue weighted by Gasteiger charge is -2.28. The Hall–Kier alpha value is -3.65. The lowest BCUT2D eigenvalue weighted by atomic mass is 9.99. The van der Waals surface area contributed by atoms with Crippen molar-refractivity contribution >= 4 is 51.8 Å². The van der Waals surface area contributed by atoms with Gasteiger partial charge in [0, 0.05) is 35.9 Å². The highest BCUT2D eigenvalue weighted by Crippen LogP contribution is 2.27. The molecule has 0 fully saturated rings. The number of ether oxygens (including phenoxy) is 1. The molecule has 1 aliphatic heterocycles. The van der Waals surface area contributed by atoms with E-state index in [2.05, 4.69) is 5.32 Å². The molecule has 2 amide bonds. The summed E-state index contributed by atoms with van der Waals surface area (Å²) in [5.41, 5.74) is 3.34. The van der Waals surface area contributed by atoms with Crippen LogP contribution in [0.5, 0.6) is 0 Å². The molecule has 0 aliphatic carbocycles. The molecule has 9 heteroatoms. The molecule has 2 heterocycles. The van der Waals surface area contributed by atoms with Crippen molar-refractivity contribution in [3.05, 3.63) is 65.4 Å². The van der Waals surface area contributed by atoms with E-state index in [1.54, 1.807) is 41.5 Å². The number of carbonyl (C=O) groups excluding carboxylic acids is 4. The number of alkyl halides is 1. The first-order valence-corrected chi connectivity index (χ1v) is 11.9. The van der Waals surface area contributed by atoms with Gasteiger partial charge < -0.3 is 19.5 Å². The van der Waals surface area contributed by atoms with Gasteiger partial charge in [-0.15, -0.1) is 11.6 Å². The number of fused-ring (bicyclic) bond motifs is 2. The van der Waals surface area contributed by atoms with Crippen molar-refractivity contribution in [2.75, 3.05) is 18.5 Å². The van der Waals surface area contributed by atoms with Crippen molar-refractivity contribution in [2.24, 2.45) is 0 Å². The molecule has 1 atom stereocenters. The summed E-state index contributed by atoms with van der Waals surface area (Å²) in [4.78, 5) is 52.4. The molecule has 2 aromatic carbocycles. The number of hydrogen-bond donors (Lipinski definition) is 1. The fourth-order valence-electron chi connectivity index (χ4n) is 4.20. The molecule has 182 valence electrons. The van der Waals surface area contributed by atoms with Crippen LogP contribution in [-0.4, -0.2) is 51.6 Å². The number of benzene rings is 2. The van der Waals surface area contributed by atoms with E-state index in [0.717, 1.165) is 5.56 Å². The Morgan fingerprint density at radius 3 is 2.57 bits per heavy atom. The van der Waals surface area contributed by atoms with Gasteiger partial charge in [0.2, 0.25) is 5.91 Å². The predicted octanol–water partition coefficient (Wildman–Crippen LogP) is 3.54. The van der Waals surface area contributed by atoms with Crippen molar-refractivity contribution < 1.29 is 23.9 Å². The summed E-state index contributed by atoms with van der Waals surface area (Å²) in [5, 5.41) is 2.40. The first-order chi connectivity index (χ1) is 16.8. The van der Waals surface area contributed by atoms with E-state index in [4.69, 9.17) is 16.3 Å². The number of carbonyl (C=O) groups is 4. The Kier molecular flexibility index (Phi) is 7.21. The molecule has 4 rings (SSSR count). The third-order valence-corrected chi connectivity index (χ3v) is 6.17. The van der Waals surface area contributed by atoms with E-state index >= 15 is 0 Å². The van der Waals surface area contributed by atoms with Crippen LogP contribution in [0.15, 0.2) is 48.7 Å². The summed E-state index contributed by atoms with van der Waals surface area (Å²) in [6, 6.07) is 12.8. The number of ketones is 1. The smallest absolute Gasteiger partial charge is 0.325 e. The van der Waals surface area contributed by atoms with Crippen LogP contribution in [-0.2, 0) is 38.6 Å². The second-order valence-corrected chi connectivity index (χ2v) is 9.04. The fourth-order valence-corrected chi connectivity index (χ4v) is 4.26. The SMILES string of the molecule is CCOC(=O)Cn1cc(C(=O)C(=O)N2CCc3ccccc3C2)c2cc(NC(=O)C(C)Cl)ccc21. The summed E-state index contributed by atoms with van der Waals surface area (Å²) in [6.45, 7) is 4.17. The first kappa shape index (κ1) is 24.5. The van der Waals surface area contributed by atoms with Crippen molar-refractivity contribution in [3.63, 3.8) is 0 Å². The van der Waals surface area contributed by atoms with Crippen molar-refractivity contribution in [1.29, 1.82) is 0 Å². The van der Waals surface area contributed by atoms with Gasteiger partial charge in [-0.05, 0) is 49.6 Å². The van der Waals surface area contributed by atoms with Crippen LogP contribution in [0.3, 0.4) is 0 Å². The molecule has 1 aromatic heterocycles. The van der Waals surface area contributed by atoms with Gasteiger partial charge in [-0.25, -0.2) is 0 Å². The average Bonchev–Trinajstić information content (AvgIpc) is 3.20. The maximum absolute atomic E-state index is 13.4. The molecule has 3 aromatic rings. The second kappa shape index (κ2) is 10.3. The minimum atomic E-state index is -0.747. The zero-order valence-electron chi connectivity index (χ0n) is 19.5. The van der Waals surface area contributed by atoms with Crippen LogP contribution in [0.25, 0.3) is 10.9 Å². The van der Waals surface area contributed by atoms with Crippen LogP contribution in [0.2, 0.25) is 0 Å². The maximum Gasteiger partial charge on any atom is 0.325 e. The Labute approximate surface area is 207 Å². The number of anilines is 1. The van der Waals surface area contributed by atoms with E-state index in [1.165, 1.54) is 11.8 Å². The number of Topliss-reactive ketones (excluding diaryl/α,β-unsaturated/α-hetero) is 1. The zero-order chi connectivity index (χ0) is 25.1. The third kappa shape index (κ3) is 5.22. The largest absolute Gasteiger partial charge is 0.465 e. The van der Waals surface area contributed by atoms with Crippen molar-refractivity contribution in [1.82, 2.24) is 9.47 Å². The highest BCUT2D eigenvalue weighted by atomic mass is 35.5. The summed E-state index contributed by atoms with van der Waals surface area (Å²) >= 11 is 5.86. The van der Waals surface area contributed by atoms with Gasteiger partial charge >= 0.3 is 5.97 Å². The highest BCUT2D eigenvalue weighted by molar-refractivity contribution is 6.45. The number of amides is 2. The lowest BCUT2D eigenvalue weighted by Crippen LogP contribution is -2.40. The molecular formula is C26H26ClN3O5. The quantitative estimate of drug-likeness (QED) is 0.234. The van der Waals surface area contributed by atoms with Crippen LogP contribution in [0, 0.1) is 0 Å². The number of nitrogens with one attached hydrogen (secondary N) is 1. The molecule has 8 nitrogen and oxygen atoms in total. The molecule has 0 spiro atoms. The molecule has 0 radical (unpaired) electrons. The van der Waals surface area contributed by atoms with Crippen LogP contribution in [0.1, 0.15) is 35.3 Å². The average molecular weight is 496 g/mol. The topological polar surface area (TPSA) is 97.7 Å². The van der Waals surface area contributed by atoms with E-state index < -0.39 is 28.9 Å². The van der Waals surface area contributed by atoms with Gasteiger partial charge in [0.05, 0.1) is 12.2 Å². The minimum absolute atomic E-state index is 0.118. The van der Waals surface area contributed by atoms with E-state index in [0.29, 0.717) is 36.1 Å². The summed E-state index contributed by atoms with van der Waals surface area (Å²) in [5.74, 6) is -2.15. The van der Waals surface area contributed by atoms with Gasteiger partial charge in [-0.3, -0.25) is 19.2 Å². The third-order valence-electron chi connectivity index (χ3n) is 5.97. The number of aromatic nitrogens is 1. The van der Waals surface area contributed by atoms with Crippen LogP contribution < -0.4 is 5.32 Å². The molecular weight excluding hydrogens is 470 g/mol. The van der Waals surface area contributed by atoms with Crippen molar-refractivity contribution in [2.45, 2.75) is 38.7 Å². The molecule has 0 saturated carbocycles. The highest BCUT2D eigenvalue weighted by Gasteiger charge is 2.29. The predicted molar refractivity (Wildman–Crippen MR) is 132 cm³/mol. The summed E-state index contributed by atoms with van der Waals surface area (Å²) < 4.78 is 6.63. The molecule has 0 bridgehead atoms. The normalized spacial score (nSPS) is 13.7. The Morgan fingerprint density at radius 1 is 1.11 bits per heavy atom. The Morgan fingerprint density at radius 2 is 1.86 bits per heavy atom. The molecule has 1 N–H and O–H groups in total. The number of nitrogens with zero attached hydrogens (tertiary/aromatic N) is 2. The van der Waals surface area contributed by atoms with E-state index in [1.807, 2.05) is 24.3 Å². The van der Waals surface area contributed by atoms with E-state index in [-0.39, 0.29) is 18.7 Å². The number of hydrogen-bond acceptors (Lipinski definition) is 5. The fraction of sp³-hybridized carbons (Fsp3) is 0.308. The zero-order valence-corrected chi connectivity index (χ0v) is 20.3. The second-order valence-electron chi connectivity index (χ2n) is 8.39. The monoisotopic (exact) mass is 495 g/mol. The minimum Gasteiger partial charge on any atom is -0.465 e. The molecule has 1 aliphatic rings. The van der Waals surface area contributed by atoms with Crippen molar-refractivity contribution in [3.8, 4) is 0 Å². The Bertz CT molecular complexity index is 1310. The van der Waals surface area contributed by atoms with Gasteiger partial charge in [0.25, 0.3) is 11.7 Å². The number of esters is 1. The molecule has 0 saturated heterocycles. The number of rotatable bonds is 7. The summed E-state index contributed by atoms with van der Waals surface area (Å²) in [6.07, 6.45) is 2.17. The van der Waals surface area contributed by atoms with Gasteiger partial charge in [0.1, 0.15) is 11.9 Å². The van der Waals surface area contributed by atoms with Gasteiger partial charge in [0.15, 0.2) is 0 Å². The summed E-state index contributed by atoms with van der Waals surface area (Å²) in [7, 11) is 0. The van der Waals surface area contributed by atoms with Gasteiger partial charge in [-0.2, -0.15) is 0 Å². The molecule has 35 heavy (non-hydrogen) atoms. The first-order valence-electron chi connectivity index (χ1n) is 11.4.